The third-order valence-electron chi connectivity index (χ3n) is 1.87. The molecule has 3 heteroatoms. The summed E-state index contributed by atoms with van der Waals surface area (Å²) in [6.07, 6.45) is 2.14. The fourth-order valence-electron chi connectivity index (χ4n) is 1.28. The summed E-state index contributed by atoms with van der Waals surface area (Å²) in [5.41, 5.74) is 1.22. The van der Waals surface area contributed by atoms with E-state index in [-0.39, 0.29) is 0 Å². The molecular formula is C11H15BrO2. The van der Waals surface area contributed by atoms with E-state index in [4.69, 9.17) is 9.47 Å². The van der Waals surface area contributed by atoms with Gasteiger partial charge in [0.05, 0.1) is 0 Å². The maximum atomic E-state index is 5.45. The minimum absolute atomic E-state index is 0.304. The van der Waals surface area contributed by atoms with Crippen molar-refractivity contribution in [3.63, 3.8) is 0 Å². The molecule has 0 radical (unpaired) electrons. The van der Waals surface area contributed by atoms with E-state index in [1.165, 1.54) is 5.56 Å². The van der Waals surface area contributed by atoms with Gasteiger partial charge in [-0.25, -0.2) is 0 Å². The first-order chi connectivity index (χ1) is 6.77. The third kappa shape index (κ3) is 3.31. The van der Waals surface area contributed by atoms with Gasteiger partial charge in [-0.3, -0.25) is 0 Å². The Hall–Kier alpha value is -0.540. The predicted octanol–water partition coefficient (Wildman–Crippen LogP) is 3.38. The Bertz CT molecular complexity index is 287. The zero-order chi connectivity index (χ0) is 10.4. The van der Waals surface area contributed by atoms with Crippen LogP contribution in [0.2, 0.25) is 0 Å². The van der Waals surface area contributed by atoms with Crippen LogP contribution in [0.5, 0.6) is 5.75 Å². The van der Waals surface area contributed by atoms with Crippen LogP contribution in [0.15, 0.2) is 22.7 Å². The average molecular weight is 259 g/mol. The molecule has 0 bridgehead atoms. The molecule has 1 aromatic carbocycles. The lowest BCUT2D eigenvalue weighted by Gasteiger charge is -2.10. The first-order valence-electron chi connectivity index (χ1n) is 4.68. The van der Waals surface area contributed by atoms with Gasteiger partial charge in [-0.05, 0) is 30.2 Å². The van der Waals surface area contributed by atoms with Crippen LogP contribution in [0.4, 0.5) is 0 Å². The van der Waals surface area contributed by atoms with Gasteiger partial charge in [-0.15, -0.1) is 0 Å². The Morgan fingerprint density at radius 2 is 2.14 bits per heavy atom. The van der Waals surface area contributed by atoms with Gasteiger partial charge in [0.2, 0.25) is 0 Å². The number of hydrogen-bond acceptors (Lipinski definition) is 2. The summed E-state index contributed by atoms with van der Waals surface area (Å²) in [6, 6.07) is 6.03. The molecule has 0 aliphatic carbocycles. The molecule has 14 heavy (non-hydrogen) atoms. The zero-order valence-corrected chi connectivity index (χ0v) is 10.1. The molecular weight excluding hydrogens is 244 g/mol. The molecule has 0 heterocycles. The molecule has 0 aliphatic heterocycles. The fraction of sp³-hybridized carbons (Fsp3) is 0.455. The zero-order valence-electron chi connectivity index (χ0n) is 8.55. The second-order valence-corrected chi connectivity index (χ2v) is 3.97. The van der Waals surface area contributed by atoms with Gasteiger partial charge in [-0.1, -0.05) is 29.3 Å². The minimum atomic E-state index is 0.304. The summed E-state index contributed by atoms with van der Waals surface area (Å²) in [7, 11) is 1.62. The van der Waals surface area contributed by atoms with Crippen molar-refractivity contribution in [3.05, 3.63) is 28.2 Å². The lowest BCUT2D eigenvalue weighted by molar-refractivity contribution is 0.0504. The van der Waals surface area contributed by atoms with Crippen molar-refractivity contribution in [2.24, 2.45) is 0 Å². The van der Waals surface area contributed by atoms with Crippen molar-refractivity contribution >= 4 is 15.9 Å². The van der Waals surface area contributed by atoms with Crippen LogP contribution in [0.25, 0.3) is 0 Å². The summed E-state index contributed by atoms with van der Waals surface area (Å²) < 4.78 is 11.4. The van der Waals surface area contributed by atoms with Crippen molar-refractivity contribution in [3.8, 4) is 5.75 Å². The van der Waals surface area contributed by atoms with Gasteiger partial charge in [-0.2, -0.15) is 0 Å². The Morgan fingerprint density at radius 1 is 1.36 bits per heavy atom. The standard InChI is InChI=1S/C11H15BrO2/c1-3-4-9-7-10(12)5-6-11(9)14-8-13-2/h5-7H,3-4,8H2,1-2H3. The SMILES string of the molecule is CCCc1cc(Br)ccc1OCOC. The van der Waals surface area contributed by atoms with E-state index in [0.717, 1.165) is 23.1 Å². The summed E-state index contributed by atoms with van der Waals surface area (Å²) in [5.74, 6) is 0.914. The molecule has 0 aromatic heterocycles. The first-order valence-corrected chi connectivity index (χ1v) is 5.47. The Balaban J connectivity index is 2.78. The van der Waals surface area contributed by atoms with Gasteiger partial charge < -0.3 is 9.47 Å². The topological polar surface area (TPSA) is 18.5 Å². The lowest BCUT2D eigenvalue weighted by Crippen LogP contribution is -2.01. The van der Waals surface area contributed by atoms with E-state index >= 15 is 0 Å². The minimum Gasteiger partial charge on any atom is -0.467 e. The van der Waals surface area contributed by atoms with E-state index in [0.29, 0.717) is 6.79 Å². The fourth-order valence-corrected chi connectivity index (χ4v) is 1.68. The molecule has 1 aromatic rings. The Kier molecular flexibility index (Phi) is 4.98. The van der Waals surface area contributed by atoms with Crippen LogP contribution in [0.3, 0.4) is 0 Å². The number of ether oxygens (including phenoxy) is 2. The Labute approximate surface area is 93.4 Å². The van der Waals surface area contributed by atoms with E-state index in [2.05, 4.69) is 28.9 Å². The van der Waals surface area contributed by atoms with Crippen molar-refractivity contribution in [2.45, 2.75) is 19.8 Å². The van der Waals surface area contributed by atoms with Gasteiger partial charge in [0.15, 0.2) is 6.79 Å². The van der Waals surface area contributed by atoms with Gasteiger partial charge in [0.25, 0.3) is 0 Å². The molecule has 0 fully saturated rings. The summed E-state index contributed by atoms with van der Waals surface area (Å²) in [6.45, 7) is 2.46. The number of halogens is 1. The van der Waals surface area contributed by atoms with Crippen LogP contribution in [0.1, 0.15) is 18.9 Å². The highest BCUT2D eigenvalue weighted by Crippen LogP contribution is 2.24. The van der Waals surface area contributed by atoms with Crippen molar-refractivity contribution in [1.82, 2.24) is 0 Å². The van der Waals surface area contributed by atoms with Crippen LogP contribution in [-0.2, 0) is 11.2 Å². The molecule has 0 aliphatic rings. The maximum absolute atomic E-state index is 5.45. The van der Waals surface area contributed by atoms with Gasteiger partial charge in [0, 0.05) is 11.6 Å². The molecule has 0 unspecified atom stereocenters. The van der Waals surface area contributed by atoms with Crippen LogP contribution < -0.4 is 4.74 Å². The largest absolute Gasteiger partial charge is 0.467 e. The molecule has 78 valence electrons. The monoisotopic (exact) mass is 258 g/mol. The third-order valence-corrected chi connectivity index (χ3v) is 2.37. The highest BCUT2D eigenvalue weighted by Gasteiger charge is 2.03. The first kappa shape index (κ1) is 11.5. The lowest BCUT2D eigenvalue weighted by atomic mass is 10.1. The number of rotatable bonds is 5. The number of benzene rings is 1. The Morgan fingerprint density at radius 3 is 2.79 bits per heavy atom. The van der Waals surface area contributed by atoms with Gasteiger partial charge in [0.1, 0.15) is 5.75 Å². The molecule has 0 amide bonds. The van der Waals surface area contributed by atoms with E-state index in [1.54, 1.807) is 7.11 Å². The maximum Gasteiger partial charge on any atom is 0.188 e. The smallest absolute Gasteiger partial charge is 0.188 e. The summed E-state index contributed by atoms with van der Waals surface area (Å²) in [4.78, 5) is 0. The number of hydrogen-bond donors (Lipinski definition) is 0. The quantitative estimate of drug-likeness (QED) is 0.754. The molecule has 0 saturated heterocycles. The molecule has 0 saturated carbocycles. The molecule has 0 N–H and O–H groups in total. The van der Waals surface area contributed by atoms with E-state index < -0.39 is 0 Å². The average Bonchev–Trinajstić information content (AvgIpc) is 2.17. The number of methoxy groups -OCH3 is 1. The highest BCUT2D eigenvalue weighted by atomic mass is 79.9. The second kappa shape index (κ2) is 6.04. The molecule has 0 atom stereocenters. The summed E-state index contributed by atoms with van der Waals surface area (Å²) >= 11 is 3.45. The highest BCUT2D eigenvalue weighted by molar-refractivity contribution is 9.10. The van der Waals surface area contributed by atoms with Crippen molar-refractivity contribution in [1.29, 1.82) is 0 Å². The molecule has 0 spiro atoms. The van der Waals surface area contributed by atoms with Crippen LogP contribution in [-0.4, -0.2) is 13.9 Å². The van der Waals surface area contributed by atoms with E-state index in [9.17, 15) is 0 Å². The normalized spacial score (nSPS) is 10.2. The number of aryl methyl sites for hydroxylation is 1. The predicted molar refractivity (Wildman–Crippen MR) is 60.6 cm³/mol. The van der Waals surface area contributed by atoms with Crippen LogP contribution in [0, 0.1) is 0 Å². The second-order valence-electron chi connectivity index (χ2n) is 3.05. The molecule has 2 nitrogen and oxygen atoms in total. The van der Waals surface area contributed by atoms with Crippen molar-refractivity contribution in [2.75, 3.05) is 13.9 Å². The van der Waals surface area contributed by atoms with Gasteiger partial charge >= 0.3 is 0 Å². The van der Waals surface area contributed by atoms with Crippen molar-refractivity contribution < 1.29 is 9.47 Å². The summed E-state index contributed by atoms with van der Waals surface area (Å²) in [5, 5.41) is 0. The van der Waals surface area contributed by atoms with E-state index in [1.807, 2.05) is 12.1 Å². The molecule has 1 rings (SSSR count). The van der Waals surface area contributed by atoms with Crippen LogP contribution >= 0.6 is 15.9 Å².